The quantitative estimate of drug-likeness (QED) is 0.503. The van der Waals surface area contributed by atoms with E-state index in [0.29, 0.717) is 11.7 Å². The molecule has 0 amide bonds. The number of rotatable bonds is 1. The predicted molar refractivity (Wildman–Crippen MR) is 39.6 cm³/mol. The molecule has 2 aliphatic carbocycles. The van der Waals surface area contributed by atoms with Gasteiger partial charge in [-0.25, -0.2) is 0 Å². The largest absolute Gasteiger partial charge is 0.299 e. The van der Waals surface area contributed by atoms with Crippen molar-refractivity contribution in [3.63, 3.8) is 0 Å². The van der Waals surface area contributed by atoms with Gasteiger partial charge in [-0.2, -0.15) is 0 Å². The minimum absolute atomic E-state index is 0.0260. The molecule has 10 heavy (non-hydrogen) atoms. The molecular weight excluding hydrogens is 124 g/mol. The molecule has 1 fully saturated rings. The summed E-state index contributed by atoms with van der Waals surface area (Å²) in [6, 6.07) is 0. The summed E-state index contributed by atoms with van der Waals surface area (Å²) in [5.74, 6) is 1.07. The van der Waals surface area contributed by atoms with E-state index in [1.54, 1.807) is 6.92 Å². The van der Waals surface area contributed by atoms with Gasteiger partial charge in [0.05, 0.1) is 0 Å². The van der Waals surface area contributed by atoms with Crippen LogP contribution in [0.15, 0.2) is 12.2 Å². The van der Waals surface area contributed by atoms with Gasteiger partial charge in [0.15, 0.2) is 0 Å². The van der Waals surface area contributed by atoms with E-state index >= 15 is 0 Å². The summed E-state index contributed by atoms with van der Waals surface area (Å²) in [7, 11) is 0. The second-order valence-electron chi connectivity index (χ2n) is 3.48. The second kappa shape index (κ2) is 1.71. The Labute approximate surface area is 61.1 Å². The molecule has 54 valence electrons. The third-order valence-corrected chi connectivity index (χ3v) is 2.91. The normalized spacial score (nSPS) is 42.7. The highest BCUT2D eigenvalue weighted by Crippen LogP contribution is 2.58. The number of Topliss-reactive ketones (excluding diaryl/α,β-unsaturated/α-hetero) is 1. The lowest BCUT2D eigenvalue weighted by atomic mass is 9.92. The van der Waals surface area contributed by atoms with Gasteiger partial charge in [0.2, 0.25) is 0 Å². The molecule has 1 nitrogen and oxygen atoms in total. The zero-order valence-electron chi connectivity index (χ0n) is 6.26. The highest BCUT2D eigenvalue weighted by atomic mass is 16.1. The minimum Gasteiger partial charge on any atom is -0.299 e. The average molecular weight is 136 g/mol. The number of ketones is 1. The fourth-order valence-corrected chi connectivity index (χ4v) is 2.05. The Morgan fingerprint density at radius 3 is 3.00 bits per heavy atom. The van der Waals surface area contributed by atoms with Gasteiger partial charge in [-0.1, -0.05) is 12.2 Å². The Kier molecular flexibility index (Phi) is 1.05. The fraction of sp³-hybridized carbons (Fsp3) is 0.667. The molecule has 0 saturated heterocycles. The molecule has 2 unspecified atom stereocenters. The monoisotopic (exact) mass is 136 g/mol. The van der Waals surface area contributed by atoms with Crippen molar-refractivity contribution in [1.29, 1.82) is 0 Å². The van der Waals surface area contributed by atoms with Crippen LogP contribution in [0, 0.1) is 11.3 Å². The molecule has 2 aliphatic rings. The second-order valence-corrected chi connectivity index (χ2v) is 3.48. The van der Waals surface area contributed by atoms with E-state index in [1.165, 1.54) is 12.8 Å². The fourth-order valence-electron chi connectivity index (χ4n) is 2.05. The maximum Gasteiger partial charge on any atom is 0.140 e. The van der Waals surface area contributed by atoms with Crippen molar-refractivity contribution in [2.24, 2.45) is 11.3 Å². The zero-order valence-corrected chi connectivity index (χ0v) is 6.26. The summed E-state index contributed by atoms with van der Waals surface area (Å²) in [4.78, 5) is 11.1. The highest BCUT2D eigenvalue weighted by Gasteiger charge is 2.56. The standard InChI is InChI=1S/C9H12O/c1-7(10)9-5-3-2-4-8(9)6-9/h3,5,8H,2,4,6H2,1H3. The van der Waals surface area contributed by atoms with Gasteiger partial charge in [0, 0.05) is 5.41 Å². The molecule has 0 aromatic rings. The van der Waals surface area contributed by atoms with Gasteiger partial charge in [-0.3, -0.25) is 4.79 Å². The molecule has 1 saturated carbocycles. The van der Waals surface area contributed by atoms with Crippen molar-refractivity contribution < 1.29 is 4.79 Å². The lowest BCUT2D eigenvalue weighted by Crippen LogP contribution is -2.13. The van der Waals surface area contributed by atoms with E-state index in [2.05, 4.69) is 12.2 Å². The van der Waals surface area contributed by atoms with Crippen molar-refractivity contribution in [1.82, 2.24) is 0 Å². The lowest BCUT2D eigenvalue weighted by Gasteiger charge is -2.11. The number of allylic oxidation sites excluding steroid dienone is 2. The van der Waals surface area contributed by atoms with E-state index in [-0.39, 0.29) is 5.41 Å². The van der Waals surface area contributed by atoms with E-state index in [9.17, 15) is 4.79 Å². The Morgan fingerprint density at radius 1 is 1.70 bits per heavy atom. The summed E-state index contributed by atoms with van der Waals surface area (Å²) in [5, 5.41) is 0. The van der Waals surface area contributed by atoms with Crippen LogP contribution < -0.4 is 0 Å². The van der Waals surface area contributed by atoms with Crippen LogP contribution in [0.4, 0.5) is 0 Å². The third kappa shape index (κ3) is 0.606. The molecule has 0 spiro atoms. The Morgan fingerprint density at radius 2 is 2.50 bits per heavy atom. The molecule has 0 radical (unpaired) electrons. The van der Waals surface area contributed by atoms with Crippen LogP contribution in [0.1, 0.15) is 26.2 Å². The number of carbonyl (C=O) groups excluding carboxylic acids is 1. The Bertz CT molecular complexity index is 205. The van der Waals surface area contributed by atoms with Crippen LogP contribution >= 0.6 is 0 Å². The molecular formula is C9H12O. The molecule has 0 aromatic heterocycles. The molecule has 0 aromatic carbocycles. The van der Waals surface area contributed by atoms with Crippen LogP contribution in [-0.2, 0) is 4.79 Å². The van der Waals surface area contributed by atoms with Crippen LogP contribution in [0.3, 0.4) is 0 Å². The van der Waals surface area contributed by atoms with Gasteiger partial charge >= 0.3 is 0 Å². The molecule has 1 heteroatoms. The summed E-state index contributed by atoms with van der Waals surface area (Å²) in [5.41, 5.74) is 0.0260. The first-order chi connectivity index (χ1) is 4.76. The van der Waals surface area contributed by atoms with E-state index in [4.69, 9.17) is 0 Å². The topological polar surface area (TPSA) is 17.1 Å². The summed E-state index contributed by atoms with van der Waals surface area (Å²) >= 11 is 0. The van der Waals surface area contributed by atoms with Gasteiger partial charge in [0.25, 0.3) is 0 Å². The first-order valence-corrected chi connectivity index (χ1v) is 3.94. The van der Waals surface area contributed by atoms with Gasteiger partial charge in [-0.05, 0) is 32.1 Å². The van der Waals surface area contributed by atoms with Crippen LogP contribution in [0.2, 0.25) is 0 Å². The van der Waals surface area contributed by atoms with Crippen molar-refractivity contribution in [3.05, 3.63) is 12.2 Å². The molecule has 0 heterocycles. The molecule has 2 atom stereocenters. The number of fused-ring (bicyclic) bond motifs is 1. The van der Waals surface area contributed by atoms with E-state index < -0.39 is 0 Å². The maximum atomic E-state index is 11.1. The van der Waals surface area contributed by atoms with Crippen molar-refractivity contribution in [2.45, 2.75) is 26.2 Å². The highest BCUT2D eigenvalue weighted by molar-refractivity contribution is 5.88. The third-order valence-electron chi connectivity index (χ3n) is 2.91. The summed E-state index contributed by atoms with van der Waals surface area (Å²) in [6.45, 7) is 1.72. The lowest BCUT2D eigenvalue weighted by molar-refractivity contribution is -0.121. The van der Waals surface area contributed by atoms with Crippen LogP contribution in [-0.4, -0.2) is 5.78 Å². The first-order valence-electron chi connectivity index (χ1n) is 3.94. The Balaban J connectivity index is 2.26. The van der Waals surface area contributed by atoms with Crippen molar-refractivity contribution in [3.8, 4) is 0 Å². The van der Waals surface area contributed by atoms with Crippen LogP contribution in [0.5, 0.6) is 0 Å². The van der Waals surface area contributed by atoms with Gasteiger partial charge in [-0.15, -0.1) is 0 Å². The molecule has 0 bridgehead atoms. The molecule has 2 rings (SSSR count). The summed E-state index contributed by atoms with van der Waals surface area (Å²) < 4.78 is 0. The number of hydrogen-bond donors (Lipinski definition) is 0. The molecule has 0 aliphatic heterocycles. The van der Waals surface area contributed by atoms with Gasteiger partial charge < -0.3 is 0 Å². The van der Waals surface area contributed by atoms with E-state index in [0.717, 1.165) is 6.42 Å². The van der Waals surface area contributed by atoms with E-state index in [1.807, 2.05) is 0 Å². The predicted octanol–water partition coefficient (Wildman–Crippen LogP) is 1.93. The smallest absolute Gasteiger partial charge is 0.140 e. The number of hydrogen-bond acceptors (Lipinski definition) is 1. The van der Waals surface area contributed by atoms with Crippen LogP contribution in [0.25, 0.3) is 0 Å². The SMILES string of the molecule is CC(=O)C12C=CCCC1C2. The average Bonchev–Trinajstić information content (AvgIpc) is 2.61. The Hall–Kier alpha value is -0.590. The minimum atomic E-state index is 0.0260. The zero-order chi connectivity index (χ0) is 7.19. The van der Waals surface area contributed by atoms with Crippen molar-refractivity contribution in [2.75, 3.05) is 0 Å². The number of carbonyl (C=O) groups is 1. The van der Waals surface area contributed by atoms with Crippen molar-refractivity contribution >= 4 is 5.78 Å². The summed E-state index contributed by atoms with van der Waals surface area (Å²) in [6.07, 6.45) is 7.82. The van der Waals surface area contributed by atoms with Gasteiger partial charge in [0.1, 0.15) is 5.78 Å². The molecule has 0 N–H and O–H groups in total. The maximum absolute atomic E-state index is 11.1. The first kappa shape index (κ1) is 6.14.